The van der Waals surface area contributed by atoms with E-state index in [1.165, 1.54) is 6.42 Å². The molecule has 0 bridgehead atoms. The molecular weight excluding hydrogens is 228 g/mol. The Kier molecular flexibility index (Phi) is 4.62. The van der Waals surface area contributed by atoms with Gasteiger partial charge >= 0.3 is 0 Å². The maximum Gasteiger partial charge on any atom is 0.251 e. The molecule has 1 unspecified atom stereocenters. The highest BCUT2D eigenvalue weighted by atomic mass is 16.5. The molecule has 2 aliphatic heterocycles. The minimum absolute atomic E-state index is 0.0908. The molecule has 2 fully saturated rings. The third-order valence-electron chi connectivity index (χ3n) is 4.05. The molecule has 0 saturated carbocycles. The summed E-state index contributed by atoms with van der Waals surface area (Å²) in [6, 6.07) is 0. The van der Waals surface area contributed by atoms with Gasteiger partial charge in [0, 0.05) is 19.6 Å². The number of likely N-dealkylation sites (tertiary alicyclic amines) is 1. The summed E-state index contributed by atoms with van der Waals surface area (Å²) in [7, 11) is 0. The second kappa shape index (κ2) is 6.02. The minimum atomic E-state index is -0.226. The van der Waals surface area contributed by atoms with E-state index in [-0.39, 0.29) is 18.1 Å². The molecule has 0 aromatic carbocycles. The molecule has 0 radical (unpaired) electrons. The second-order valence-electron chi connectivity index (χ2n) is 6.13. The summed E-state index contributed by atoms with van der Waals surface area (Å²) in [4.78, 5) is 14.3. The van der Waals surface area contributed by atoms with Gasteiger partial charge in [-0.1, -0.05) is 13.8 Å². The Morgan fingerprint density at radius 3 is 2.78 bits per heavy atom. The number of rotatable bonds is 4. The number of carbonyl (C=O) groups is 1. The molecule has 18 heavy (non-hydrogen) atoms. The lowest BCUT2D eigenvalue weighted by Gasteiger charge is -2.21. The molecule has 1 amide bonds. The predicted octanol–water partition coefficient (Wildman–Crippen LogP) is 1.39. The molecule has 4 nitrogen and oxygen atoms in total. The topological polar surface area (TPSA) is 55.6 Å². The van der Waals surface area contributed by atoms with Gasteiger partial charge in [0.15, 0.2) is 0 Å². The Hall–Kier alpha value is -0.610. The molecule has 0 aromatic heterocycles. The molecule has 2 saturated heterocycles. The van der Waals surface area contributed by atoms with Gasteiger partial charge in [-0.15, -0.1) is 0 Å². The molecule has 2 heterocycles. The van der Waals surface area contributed by atoms with Crippen LogP contribution in [0.4, 0.5) is 0 Å². The average Bonchev–Trinajstić information content (AvgIpc) is 2.95. The number of ether oxygens (including phenoxy) is 1. The van der Waals surface area contributed by atoms with E-state index in [0.717, 1.165) is 38.3 Å². The first-order valence-corrected chi connectivity index (χ1v) is 7.24. The predicted molar refractivity (Wildman–Crippen MR) is 71.1 cm³/mol. The molecule has 0 spiro atoms. The van der Waals surface area contributed by atoms with Gasteiger partial charge in [0.25, 0.3) is 5.91 Å². The van der Waals surface area contributed by atoms with Crippen LogP contribution in [0.1, 0.15) is 39.5 Å². The summed E-state index contributed by atoms with van der Waals surface area (Å²) in [6.07, 6.45) is 4.00. The van der Waals surface area contributed by atoms with Crippen LogP contribution in [0.25, 0.3) is 0 Å². The Bertz CT molecular complexity index is 294. The summed E-state index contributed by atoms with van der Waals surface area (Å²) in [5.74, 6) is 1.59. The average molecular weight is 254 g/mol. The zero-order valence-corrected chi connectivity index (χ0v) is 11.6. The largest absolute Gasteiger partial charge is 0.364 e. The van der Waals surface area contributed by atoms with Crippen molar-refractivity contribution in [3.05, 3.63) is 0 Å². The SMILES string of the molecule is CC(C)CC1CCN(C(=O)[C@@H]2CC[C@H](CN)O2)C1. The summed E-state index contributed by atoms with van der Waals surface area (Å²) in [6.45, 7) is 6.85. The van der Waals surface area contributed by atoms with Crippen LogP contribution in [0, 0.1) is 11.8 Å². The van der Waals surface area contributed by atoms with Gasteiger partial charge in [0.2, 0.25) is 0 Å². The monoisotopic (exact) mass is 254 g/mol. The molecule has 0 aliphatic carbocycles. The zero-order chi connectivity index (χ0) is 13.1. The van der Waals surface area contributed by atoms with Crippen molar-refractivity contribution in [2.45, 2.75) is 51.7 Å². The highest BCUT2D eigenvalue weighted by Gasteiger charge is 2.35. The van der Waals surface area contributed by atoms with Crippen LogP contribution in [-0.4, -0.2) is 42.6 Å². The molecule has 3 atom stereocenters. The van der Waals surface area contributed by atoms with E-state index in [1.807, 2.05) is 4.90 Å². The van der Waals surface area contributed by atoms with E-state index in [9.17, 15) is 4.79 Å². The fourth-order valence-electron chi connectivity index (χ4n) is 3.16. The number of hydrogen-bond acceptors (Lipinski definition) is 3. The highest BCUT2D eigenvalue weighted by Crippen LogP contribution is 2.27. The molecular formula is C14H26N2O2. The third kappa shape index (κ3) is 3.23. The number of nitrogens with two attached hydrogens (primary N) is 1. The standard InChI is InChI=1S/C14H26N2O2/c1-10(2)7-11-5-6-16(9-11)14(17)13-4-3-12(8-15)18-13/h10-13H,3-9,15H2,1-2H3/t11?,12-,13+/m1/s1. The van der Waals surface area contributed by atoms with E-state index >= 15 is 0 Å². The van der Waals surface area contributed by atoms with Crippen molar-refractivity contribution in [1.29, 1.82) is 0 Å². The quantitative estimate of drug-likeness (QED) is 0.825. The van der Waals surface area contributed by atoms with E-state index < -0.39 is 0 Å². The van der Waals surface area contributed by atoms with Crippen molar-refractivity contribution in [2.75, 3.05) is 19.6 Å². The van der Waals surface area contributed by atoms with E-state index in [4.69, 9.17) is 10.5 Å². The van der Waals surface area contributed by atoms with Crippen LogP contribution in [0.5, 0.6) is 0 Å². The van der Waals surface area contributed by atoms with Crippen molar-refractivity contribution in [3.63, 3.8) is 0 Å². The van der Waals surface area contributed by atoms with Gasteiger partial charge in [0.05, 0.1) is 6.10 Å². The van der Waals surface area contributed by atoms with Crippen LogP contribution < -0.4 is 5.73 Å². The molecule has 2 aliphatic rings. The first-order valence-electron chi connectivity index (χ1n) is 7.24. The van der Waals surface area contributed by atoms with Crippen molar-refractivity contribution in [1.82, 2.24) is 4.90 Å². The third-order valence-corrected chi connectivity index (χ3v) is 4.05. The lowest BCUT2D eigenvalue weighted by atomic mass is 9.97. The first kappa shape index (κ1) is 13.8. The number of hydrogen-bond donors (Lipinski definition) is 1. The Morgan fingerprint density at radius 2 is 2.17 bits per heavy atom. The summed E-state index contributed by atoms with van der Waals surface area (Å²) >= 11 is 0. The highest BCUT2D eigenvalue weighted by molar-refractivity contribution is 5.81. The zero-order valence-electron chi connectivity index (χ0n) is 11.6. The lowest BCUT2D eigenvalue weighted by Crippen LogP contribution is -2.38. The summed E-state index contributed by atoms with van der Waals surface area (Å²) in [5.41, 5.74) is 5.58. The van der Waals surface area contributed by atoms with Crippen molar-refractivity contribution in [2.24, 2.45) is 17.6 Å². The van der Waals surface area contributed by atoms with Gasteiger partial charge in [-0.2, -0.15) is 0 Å². The summed E-state index contributed by atoms with van der Waals surface area (Å²) in [5, 5.41) is 0. The molecule has 2 rings (SSSR count). The van der Waals surface area contributed by atoms with Gasteiger partial charge in [-0.3, -0.25) is 4.79 Å². The van der Waals surface area contributed by atoms with E-state index in [1.54, 1.807) is 0 Å². The van der Waals surface area contributed by atoms with Crippen LogP contribution in [0.3, 0.4) is 0 Å². The lowest BCUT2D eigenvalue weighted by molar-refractivity contribution is -0.141. The van der Waals surface area contributed by atoms with Gasteiger partial charge in [0.1, 0.15) is 6.10 Å². The van der Waals surface area contributed by atoms with Gasteiger partial charge in [-0.05, 0) is 37.5 Å². The molecule has 2 N–H and O–H groups in total. The molecule has 104 valence electrons. The van der Waals surface area contributed by atoms with E-state index in [2.05, 4.69) is 13.8 Å². The second-order valence-corrected chi connectivity index (χ2v) is 6.13. The first-order chi connectivity index (χ1) is 8.60. The summed E-state index contributed by atoms with van der Waals surface area (Å²) < 4.78 is 5.68. The van der Waals surface area contributed by atoms with Crippen LogP contribution >= 0.6 is 0 Å². The van der Waals surface area contributed by atoms with Crippen LogP contribution in [0.15, 0.2) is 0 Å². The number of nitrogens with zero attached hydrogens (tertiary/aromatic N) is 1. The maximum atomic E-state index is 12.3. The van der Waals surface area contributed by atoms with Crippen LogP contribution in [-0.2, 0) is 9.53 Å². The van der Waals surface area contributed by atoms with E-state index in [0.29, 0.717) is 12.5 Å². The van der Waals surface area contributed by atoms with Crippen molar-refractivity contribution in [3.8, 4) is 0 Å². The van der Waals surface area contributed by atoms with Gasteiger partial charge < -0.3 is 15.4 Å². The Labute approximate surface area is 110 Å². The normalized spacial score (nSPS) is 32.4. The Morgan fingerprint density at radius 1 is 1.39 bits per heavy atom. The Balaban J connectivity index is 1.80. The van der Waals surface area contributed by atoms with Gasteiger partial charge in [-0.25, -0.2) is 0 Å². The molecule has 4 heteroatoms. The number of amides is 1. The smallest absolute Gasteiger partial charge is 0.251 e. The maximum absolute atomic E-state index is 12.3. The van der Waals surface area contributed by atoms with Crippen molar-refractivity contribution >= 4 is 5.91 Å². The number of carbonyl (C=O) groups excluding carboxylic acids is 1. The fourth-order valence-corrected chi connectivity index (χ4v) is 3.16. The fraction of sp³-hybridized carbons (Fsp3) is 0.929. The molecule has 0 aromatic rings. The van der Waals surface area contributed by atoms with Crippen LogP contribution in [0.2, 0.25) is 0 Å². The van der Waals surface area contributed by atoms with Crippen molar-refractivity contribution < 1.29 is 9.53 Å². The minimum Gasteiger partial charge on any atom is -0.364 e.